The minimum Gasteiger partial charge on any atom is -0.488 e. The lowest BCUT2D eigenvalue weighted by atomic mass is 9.97. The summed E-state index contributed by atoms with van der Waals surface area (Å²) in [5.41, 5.74) is 1.91. The van der Waals surface area contributed by atoms with Crippen molar-refractivity contribution in [2.75, 3.05) is 37.7 Å². The molecule has 0 aliphatic carbocycles. The van der Waals surface area contributed by atoms with Crippen LogP contribution in [0.3, 0.4) is 0 Å². The third-order valence-electron chi connectivity index (χ3n) is 6.49. The summed E-state index contributed by atoms with van der Waals surface area (Å²) < 4.78 is 56.2. The van der Waals surface area contributed by atoms with Crippen molar-refractivity contribution in [1.29, 1.82) is 0 Å². The van der Waals surface area contributed by atoms with E-state index in [1.807, 2.05) is 30.4 Å². The van der Waals surface area contributed by atoms with E-state index >= 15 is 0 Å². The molecule has 0 aromatic heterocycles. The Morgan fingerprint density at radius 2 is 1.94 bits per heavy atom. The molecule has 5 bridgehead atoms. The minimum atomic E-state index is -4.30. The summed E-state index contributed by atoms with van der Waals surface area (Å²) in [4.78, 5) is 15.1. The van der Waals surface area contributed by atoms with Gasteiger partial charge < -0.3 is 14.4 Å². The first kappa shape index (κ1) is 24.7. The number of fused-ring (bicyclic) bond motifs is 2. The Morgan fingerprint density at radius 3 is 2.61 bits per heavy atom. The second-order valence-corrected chi connectivity index (χ2v) is 11.3. The van der Waals surface area contributed by atoms with Crippen LogP contribution in [-0.4, -0.2) is 56.9 Å². The van der Waals surface area contributed by atoms with Crippen LogP contribution in [0.4, 0.5) is 10.1 Å². The Morgan fingerprint density at radius 1 is 1.22 bits per heavy atom. The average molecular weight is 532 g/mol. The Bertz CT molecular complexity index is 1370. The number of sulfonamides is 1. The van der Waals surface area contributed by atoms with Gasteiger partial charge in [0, 0.05) is 23.9 Å². The Labute approximate surface area is 214 Å². The number of likely N-dealkylation sites (N-methyl/N-ethyl adjacent to an activating group) is 1. The topological polar surface area (TPSA) is 79.4 Å². The largest absolute Gasteiger partial charge is 0.488 e. The number of anilines is 1. The summed E-state index contributed by atoms with van der Waals surface area (Å²) in [7, 11) is -3.05. The number of carbonyl (C=O) groups is 1. The molecule has 0 fully saturated rings. The molecule has 2 aromatic rings. The predicted octanol–water partition coefficient (Wildman–Crippen LogP) is 4.29. The van der Waals surface area contributed by atoms with Crippen LogP contribution in [0, 0.1) is 5.82 Å². The number of nitrogens with zero attached hydrogens (tertiary/aromatic N) is 3. The van der Waals surface area contributed by atoms with Gasteiger partial charge in [0.2, 0.25) is 0 Å². The number of benzene rings is 2. The molecule has 1 atom stereocenters. The summed E-state index contributed by atoms with van der Waals surface area (Å²) >= 11 is 1.46. The minimum absolute atomic E-state index is 0.0443. The second-order valence-electron chi connectivity index (χ2n) is 8.45. The fourth-order valence-corrected chi connectivity index (χ4v) is 7.35. The van der Waals surface area contributed by atoms with Gasteiger partial charge >= 0.3 is 5.97 Å². The smallest absolute Gasteiger partial charge is 0.343 e. The van der Waals surface area contributed by atoms with Gasteiger partial charge in [-0.3, -0.25) is 4.31 Å². The van der Waals surface area contributed by atoms with Crippen LogP contribution in [0.1, 0.15) is 35.0 Å². The SMILES string of the molecule is CCN(CC)CC=C1N2C=C3COc4c(ccc(c4C(=O)OC)N1S(=O)(=O)c1ccc(F)cc1)C3S2. The fourth-order valence-electron chi connectivity index (χ4n) is 4.54. The summed E-state index contributed by atoms with van der Waals surface area (Å²) in [6.07, 6.45) is 3.74. The van der Waals surface area contributed by atoms with Gasteiger partial charge in [-0.25, -0.2) is 21.9 Å². The van der Waals surface area contributed by atoms with Crippen molar-refractivity contribution < 1.29 is 27.1 Å². The van der Waals surface area contributed by atoms with Gasteiger partial charge in [0.05, 0.1) is 22.9 Å². The number of ether oxygens (including phenoxy) is 2. The number of rotatable bonds is 7. The van der Waals surface area contributed by atoms with Crippen LogP contribution in [0.5, 0.6) is 5.75 Å². The molecule has 11 heteroatoms. The summed E-state index contributed by atoms with van der Waals surface area (Å²) in [6.45, 7) is 6.39. The molecule has 2 aromatic carbocycles. The van der Waals surface area contributed by atoms with Crippen molar-refractivity contribution in [3.63, 3.8) is 0 Å². The molecule has 190 valence electrons. The molecule has 36 heavy (non-hydrogen) atoms. The highest BCUT2D eigenvalue weighted by Crippen LogP contribution is 2.56. The van der Waals surface area contributed by atoms with E-state index in [2.05, 4.69) is 4.90 Å². The molecular weight excluding hydrogens is 505 g/mol. The zero-order valence-electron chi connectivity index (χ0n) is 20.1. The van der Waals surface area contributed by atoms with Gasteiger partial charge in [-0.15, -0.1) is 0 Å². The van der Waals surface area contributed by atoms with E-state index in [-0.39, 0.29) is 28.0 Å². The van der Waals surface area contributed by atoms with Gasteiger partial charge in [-0.05, 0) is 61.4 Å². The maximum absolute atomic E-state index is 14.2. The first-order valence-corrected chi connectivity index (χ1v) is 13.9. The molecule has 4 aliphatic heterocycles. The van der Waals surface area contributed by atoms with E-state index < -0.39 is 21.8 Å². The third-order valence-corrected chi connectivity index (χ3v) is 9.51. The van der Waals surface area contributed by atoms with Crippen molar-refractivity contribution in [3.05, 3.63) is 77.0 Å². The first-order chi connectivity index (χ1) is 17.3. The lowest BCUT2D eigenvalue weighted by molar-refractivity contribution is 0.0596. The summed E-state index contributed by atoms with van der Waals surface area (Å²) in [5, 5.41) is -0.128. The third kappa shape index (κ3) is 3.95. The maximum atomic E-state index is 14.2. The first-order valence-electron chi connectivity index (χ1n) is 11.6. The molecule has 0 spiro atoms. The zero-order valence-corrected chi connectivity index (χ0v) is 21.7. The number of hydrogen-bond acceptors (Lipinski definition) is 8. The summed E-state index contributed by atoms with van der Waals surface area (Å²) in [6, 6.07) is 8.05. The highest BCUT2D eigenvalue weighted by atomic mass is 32.2. The number of hydrogen-bond donors (Lipinski definition) is 0. The van der Waals surface area contributed by atoms with Crippen molar-refractivity contribution >= 4 is 33.6 Å². The maximum Gasteiger partial charge on any atom is 0.343 e. The van der Waals surface area contributed by atoms with Gasteiger partial charge in [-0.2, -0.15) is 0 Å². The number of carbonyl (C=O) groups excluding carboxylic acids is 1. The fraction of sp³-hybridized carbons (Fsp3) is 0.320. The normalized spacial score (nSPS) is 19.3. The molecular formula is C25H26FN3O5S2. The highest BCUT2D eigenvalue weighted by molar-refractivity contribution is 7.98. The Hall–Kier alpha value is -3.02. The number of halogens is 1. The Balaban J connectivity index is 1.81. The predicted molar refractivity (Wildman–Crippen MR) is 135 cm³/mol. The van der Waals surface area contributed by atoms with Crippen molar-refractivity contribution in [1.82, 2.24) is 9.21 Å². The van der Waals surface area contributed by atoms with Crippen LogP contribution >= 0.6 is 11.9 Å². The van der Waals surface area contributed by atoms with E-state index in [0.29, 0.717) is 18.1 Å². The van der Waals surface area contributed by atoms with Crippen molar-refractivity contribution in [2.24, 2.45) is 0 Å². The molecule has 0 radical (unpaired) electrons. The number of esters is 1. The second kappa shape index (κ2) is 9.45. The molecule has 4 aliphatic rings. The van der Waals surface area contributed by atoms with Crippen molar-refractivity contribution in [3.8, 4) is 5.75 Å². The van der Waals surface area contributed by atoms with E-state index in [9.17, 15) is 17.6 Å². The molecule has 0 saturated heterocycles. The van der Waals surface area contributed by atoms with Crippen LogP contribution in [0.2, 0.25) is 0 Å². The standard InChI is InChI=1S/C25H26FN3O5S2/c1-4-27(5-2)13-12-21-28-14-16-15-34-23-19(24(16)35-28)10-11-20(22(23)25(30)33-3)29(21)36(31,32)18-8-6-17(26)7-9-18/h6-12,14,24H,4-5,13,15H2,1-3H3. The molecule has 0 saturated carbocycles. The quantitative estimate of drug-likeness (QED) is 0.387. The van der Waals surface area contributed by atoms with Gasteiger partial charge in [0.15, 0.2) is 0 Å². The monoisotopic (exact) mass is 531 g/mol. The van der Waals surface area contributed by atoms with Crippen LogP contribution in [0.15, 0.2) is 65.0 Å². The van der Waals surface area contributed by atoms with E-state index in [4.69, 9.17) is 9.47 Å². The lowest BCUT2D eigenvalue weighted by Gasteiger charge is -2.33. The molecule has 1 unspecified atom stereocenters. The molecule has 0 amide bonds. The van der Waals surface area contributed by atoms with Crippen molar-refractivity contribution in [2.45, 2.75) is 24.0 Å². The van der Waals surface area contributed by atoms with Crippen LogP contribution in [-0.2, 0) is 14.8 Å². The average Bonchev–Trinajstić information content (AvgIpc) is 3.34. The van der Waals surface area contributed by atoms with Crippen LogP contribution in [0.25, 0.3) is 0 Å². The molecule has 8 nitrogen and oxygen atoms in total. The number of methoxy groups -OCH3 is 1. The summed E-state index contributed by atoms with van der Waals surface area (Å²) in [5.74, 6) is -0.567. The van der Waals surface area contributed by atoms with E-state index in [0.717, 1.165) is 40.7 Å². The highest BCUT2D eigenvalue weighted by Gasteiger charge is 2.44. The van der Waals surface area contributed by atoms with Gasteiger partial charge in [-0.1, -0.05) is 19.9 Å². The lowest BCUT2D eigenvalue weighted by Crippen LogP contribution is -2.37. The van der Waals surface area contributed by atoms with E-state index in [1.54, 1.807) is 12.1 Å². The van der Waals surface area contributed by atoms with Gasteiger partial charge in [0.1, 0.15) is 29.6 Å². The zero-order chi connectivity index (χ0) is 25.6. The Kier molecular flexibility index (Phi) is 6.48. The van der Waals surface area contributed by atoms with Gasteiger partial charge in [0.25, 0.3) is 10.0 Å². The molecule has 4 heterocycles. The molecule has 0 N–H and O–H groups in total. The molecule has 6 rings (SSSR count). The van der Waals surface area contributed by atoms with Crippen LogP contribution < -0.4 is 9.04 Å². The van der Waals surface area contributed by atoms with E-state index in [1.165, 1.54) is 31.2 Å².